The zero-order valence-electron chi connectivity index (χ0n) is 14.4. The van der Waals surface area contributed by atoms with Gasteiger partial charge in [0.2, 0.25) is 0 Å². The lowest BCUT2D eigenvalue weighted by molar-refractivity contribution is 1.00. The molecular weight excluding hydrogens is 270 g/mol. The maximum atomic E-state index is 12.2. The predicted molar refractivity (Wildman–Crippen MR) is 98.6 cm³/mol. The molecule has 0 radical (unpaired) electrons. The number of hydrogen-bond donors (Lipinski definition) is 0. The average molecular weight is 297 g/mol. The predicted octanol–water partition coefficient (Wildman–Crippen LogP) is 5.52. The Morgan fingerprint density at radius 1 is 0.727 bits per heavy atom. The number of benzene rings is 2. The minimum absolute atomic E-state index is 0.115. The highest BCUT2D eigenvalue weighted by Crippen LogP contribution is 2.16. The molecule has 0 unspecified atom stereocenters. The van der Waals surface area contributed by atoms with Crippen molar-refractivity contribution in [1.82, 2.24) is 4.57 Å². The smallest absolute Gasteiger partial charge is 0.197 e. The highest BCUT2D eigenvalue weighted by atomic mass is 16.1. The number of rotatable bonds is 0. The summed E-state index contributed by atoms with van der Waals surface area (Å²) in [5.41, 5.74) is 2.07. The minimum atomic E-state index is 0.115. The SMILES string of the molecule is CCC.CCC.Cn1c2ccccc2c(=O)c2ccccc21. The standard InChI is InChI=1S/C14H11NO.2C3H8/c1-15-12-8-4-2-6-10(12)14(16)11-7-3-5-9-13(11)15;2*1-3-2/h2-9H,1H3;2*3H2,1-2H3. The highest BCUT2D eigenvalue weighted by Gasteiger charge is 2.06. The molecule has 0 aliphatic heterocycles. The monoisotopic (exact) mass is 297 g/mol. The summed E-state index contributed by atoms with van der Waals surface area (Å²) in [5.74, 6) is 0. The third-order valence-corrected chi connectivity index (χ3v) is 3.02. The Balaban J connectivity index is 0.000000353. The lowest BCUT2D eigenvalue weighted by Gasteiger charge is -2.09. The molecule has 2 aromatic carbocycles. The van der Waals surface area contributed by atoms with E-state index < -0.39 is 0 Å². The van der Waals surface area contributed by atoms with Gasteiger partial charge in [0.1, 0.15) is 0 Å². The lowest BCUT2D eigenvalue weighted by Crippen LogP contribution is -2.08. The van der Waals surface area contributed by atoms with E-state index >= 15 is 0 Å². The minimum Gasteiger partial charge on any atom is -0.343 e. The van der Waals surface area contributed by atoms with Crippen molar-refractivity contribution in [2.24, 2.45) is 7.05 Å². The summed E-state index contributed by atoms with van der Waals surface area (Å²) >= 11 is 0. The van der Waals surface area contributed by atoms with Gasteiger partial charge in [0.15, 0.2) is 5.43 Å². The summed E-state index contributed by atoms with van der Waals surface area (Å²) in [6, 6.07) is 15.4. The lowest BCUT2D eigenvalue weighted by atomic mass is 10.1. The molecule has 0 saturated carbocycles. The molecular formula is C20H27NO. The number of para-hydroxylation sites is 2. The van der Waals surface area contributed by atoms with Crippen LogP contribution in [0.5, 0.6) is 0 Å². The van der Waals surface area contributed by atoms with Gasteiger partial charge in [-0.15, -0.1) is 0 Å². The first kappa shape index (κ1) is 18.0. The maximum Gasteiger partial charge on any atom is 0.197 e. The van der Waals surface area contributed by atoms with E-state index in [1.807, 2.05) is 55.6 Å². The Kier molecular flexibility index (Phi) is 7.38. The first-order chi connectivity index (χ1) is 10.6. The first-order valence-corrected chi connectivity index (χ1v) is 8.08. The number of aryl methyl sites for hydroxylation is 1. The normalized spacial score (nSPS) is 9.68. The van der Waals surface area contributed by atoms with E-state index in [0.29, 0.717) is 0 Å². The summed E-state index contributed by atoms with van der Waals surface area (Å²) in [6.07, 6.45) is 2.50. The summed E-state index contributed by atoms with van der Waals surface area (Å²) in [5, 5.41) is 1.56. The van der Waals surface area contributed by atoms with Crippen molar-refractivity contribution in [3.63, 3.8) is 0 Å². The van der Waals surface area contributed by atoms with E-state index in [1.165, 1.54) is 12.8 Å². The van der Waals surface area contributed by atoms with E-state index in [1.54, 1.807) is 0 Å². The third-order valence-electron chi connectivity index (χ3n) is 3.02. The number of aromatic nitrogens is 1. The molecule has 1 heterocycles. The topological polar surface area (TPSA) is 22.0 Å². The Bertz CT molecular complexity index is 709. The Hall–Kier alpha value is -2.09. The van der Waals surface area contributed by atoms with Crippen molar-refractivity contribution >= 4 is 21.8 Å². The Labute approximate surface area is 133 Å². The fourth-order valence-corrected chi connectivity index (χ4v) is 2.19. The van der Waals surface area contributed by atoms with Gasteiger partial charge in [-0.05, 0) is 24.3 Å². The fraction of sp³-hybridized carbons (Fsp3) is 0.350. The maximum absolute atomic E-state index is 12.2. The number of pyridine rings is 1. The summed E-state index contributed by atoms with van der Waals surface area (Å²) in [7, 11) is 1.99. The van der Waals surface area contributed by atoms with Crippen LogP contribution in [0.2, 0.25) is 0 Å². The fourth-order valence-electron chi connectivity index (χ4n) is 2.19. The molecule has 1 aromatic heterocycles. The number of hydrogen-bond acceptors (Lipinski definition) is 1. The van der Waals surface area contributed by atoms with Crippen LogP contribution in [-0.4, -0.2) is 4.57 Å². The van der Waals surface area contributed by atoms with Crippen LogP contribution in [0.3, 0.4) is 0 Å². The summed E-state index contributed by atoms with van der Waals surface area (Å²) < 4.78 is 2.06. The van der Waals surface area contributed by atoms with Crippen molar-refractivity contribution in [1.29, 1.82) is 0 Å². The molecule has 118 valence electrons. The van der Waals surface area contributed by atoms with Gasteiger partial charge < -0.3 is 4.57 Å². The Morgan fingerprint density at radius 2 is 1.05 bits per heavy atom. The van der Waals surface area contributed by atoms with Gasteiger partial charge in [-0.3, -0.25) is 4.79 Å². The van der Waals surface area contributed by atoms with Crippen molar-refractivity contribution in [3.8, 4) is 0 Å². The second kappa shape index (κ2) is 9.04. The summed E-state index contributed by atoms with van der Waals surface area (Å²) in [4.78, 5) is 12.2. The number of nitrogens with zero attached hydrogens (tertiary/aromatic N) is 1. The zero-order chi connectivity index (χ0) is 16.5. The second-order valence-corrected chi connectivity index (χ2v) is 5.34. The molecule has 22 heavy (non-hydrogen) atoms. The molecule has 0 N–H and O–H groups in total. The van der Waals surface area contributed by atoms with Crippen LogP contribution in [0.15, 0.2) is 53.3 Å². The highest BCUT2D eigenvalue weighted by molar-refractivity contribution is 5.93. The van der Waals surface area contributed by atoms with Crippen LogP contribution in [0.25, 0.3) is 21.8 Å². The zero-order valence-corrected chi connectivity index (χ0v) is 14.4. The molecule has 0 aliphatic carbocycles. The molecule has 3 aromatic rings. The quantitative estimate of drug-likeness (QED) is 0.500. The molecule has 0 bridgehead atoms. The van der Waals surface area contributed by atoms with Crippen LogP contribution < -0.4 is 5.43 Å². The van der Waals surface area contributed by atoms with E-state index in [4.69, 9.17) is 0 Å². The van der Waals surface area contributed by atoms with Gasteiger partial charge in [0.05, 0.1) is 11.0 Å². The molecule has 0 amide bonds. The van der Waals surface area contributed by atoms with Gasteiger partial charge >= 0.3 is 0 Å². The van der Waals surface area contributed by atoms with Gasteiger partial charge in [-0.2, -0.15) is 0 Å². The summed E-state index contributed by atoms with van der Waals surface area (Å²) in [6.45, 7) is 8.50. The molecule has 3 rings (SSSR count). The van der Waals surface area contributed by atoms with Crippen LogP contribution in [0, 0.1) is 0 Å². The third kappa shape index (κ3) is 3.97. The Morgan fingerprint density at radius 3 is 1.41 bits per heavy atom. The van der Waals surface area contributed by atoms with Gasteiger partial charge in [-0.25, -0.2) is 0 Å². The van der Waals surface area contributed by atoms with Crippen molar-refractivity contribution in [3.05, 3.63) is 58.8 Å². The van der Waals surface area contributed by atoms with E-state index in [9.17, 15) is 4.79 Å². The molecule has 0 fully saturated rings. The van der Waals surface area contributed by atoms with E-state index in [2.05, 4.69) is 32.3 Å². The van der Waals surface area contributed by atoms with Crippen LogP contribution in [-0.2, 0) is 7.05 Å². The van der Waals surface area contributed by atoms with Crippen LogP contribution >= 0.6 is 0 Å². The van der Waals surface area contributed by atoms with Crippen molar-refractivity contribution in [2.45, 2.75) is 40.5 Å². The molecule has 2 heteroatoms. The molecule has 0 atom stereocenters. The van der Waals surface area contributed by atoms with E-state index in [-0.39, 0.29) is 5.43 Å². The van der Waals surface area contributed by atoms with Crippen molar-refractivity contribution in [2.75, 3.05) is 0 Å². The first-order valence-electron chi connectivity index (χ1n) is 8.08. The molecule has 0 spiro atoms. The van der Waals surface area contributed by atoms with Crippen LogP contribution in [0.1, 0.15) is 40.5 Å². The molecule has 2 nitrogen and oxygen atoms in total. The van der Waals surface area contributed by atoms with Gasteiger partial charge in [-0.1, -0.05) is 64.8 Å². The van der Waals surface area contributed by atoms with E-state index in [0.717, 1.165) is 21.8 Å². The second-order valence-electron chi connectivity index (χ2n) is 5.34. The molecule has 0 saturated heterocycles. The van der Waals surface area contributed by atoms with Crippen LogP contribution in [0.4, 0.5) is 0 Å². The van der Waals surface area contributed by atoms with Gasteiger partial charge in [0.25, 0.3) is 0 Å². The largest absolute Gasteiger partial charge is 0.343 e. The van der Waals surface area contributed by atoms with Gasteiger partial charge in [0, 0.05) is 17.8 Å². The van der Waals surface area contributed by atoms with Crippen molar-refractivity contribution < 1.29 is 0 Å². The number of fused-ring (bicyclic) bond motifs is 2. The average Bonchev–Trinajstić information content (AvgIpc) is 2.54. The molecule has 0 aliphatic rings.